The Morgan fingerprint density at radius 3 is 1.00 bits per heavy atom. The second-order valence-electron chi connectivity index (χ2n) is 9.09. The van der Waals surface area contributed by atoms with Crippen molar-refractivity contribution in [2.75, 3.05) is 42.3 Å². The lowest BCUT2D eigenvalue weighted by Gasteiger charge is -2.60. The summed E-state index contributed by atoms with van der Waals surface area (Å²) in [7, 11) is 14.1. The molecule has 2 aromatic carbocycles. The van der Waals surface area contributed by atoms with Crippen LogP contribution in [0.15, 0.2) is 60.7 Å². The number of halogens is 2. The molecule has 0 unspecified atom stereocenters. The molecule has 0 saturated heterocycles. The Morgan fingerprint density at radius 1 is 0.500 bits per heavy atom. The van der Waals surface area contributed by atoms with Crippen molar-refractivity contribution in [2.24, 2.45) is 0 Å². The van der Waals surface area contributed by atoms with E-state index in [1.165, 1.54) is 11.1 Å². The van der Waals surface area contributed by atoms with Gasteiger partial charge in [0, 0.05) is 0 Å². The van der Waals surface area contributed by atoms with Crippen LogP contribution in [0.5, 0.6) is 0 Å². The summed E-state index contributed by atoms with van der Waals surface area (Å²) >= 11 is 0. The molecule has 3 rings (SSSR count). The predicted octanol–water partition coefficient (Wildman–Crippen LogP) is -2.27. The minimum absolute atomic E-state index is 0. The quantitative estimate of drug-likeness (QED) is 0.284. The Labute approximate surface area is 193 Å². The molecule has 2 nitrogen and oxygen atoms in total. The Balaban J connectivity index is 0.00000169. The van der Waals surface area contributed by atoms with Crippen LogP contribution in [0.2, 0.25) is 0 Å². The summed E-state index contributed by atoms with van der Waals surface area (Å²) in [4.78, 5) is 0. The van der Waals surface area contributed by atoms with E-state index in [9.17, 15) is 0 Å². The average molecular weight is 578 g/mol. The summed E-state index contributed by atoms with van der Waals surface area (Å²) in [6.07, 6.45) is 0. The monoisotopic (exact) mass is 578 g/mol. The van der Waals surface area contributed by atoms with E-state index in [0.29, 0.717) is 23.9 Å². The second kappa shape index (κ2) is 8.88. The van der Waals surface area contributed by atoms with Gasteiger partial charge in [-0.3, -0.25) is 0 Å². The molecule has 1 fully saturated rings. The van der Waals surface area contributed by atoms with E-state index in [1.807, 2.05) is 0 Å². The van der Waals surface area contributed by atoms with Crippen molar-refractivity contribution >= 4 is 0 Å². The first-order valence-corrected chi connectivity index (χ1v) is 8.93. The smallest absolute Gasteiger partial charge is 0.114 e. The van der Waals surface area contributed by atoms with Crippen molar-refractivity contribution in [3.63, 3.8) is 0 Å². The first kappa shape index (κ1) is 23.9. The second-order valence-corrected chi connectivity index (χ2v) is 9.09. The van der Waals surface area contributed by atoms with Gasteiger partial charge in [0.15, 0.2) is 0 Å². The van der Waals surface area contributed by atoms with Gasteiger partial charge in [0.05, 0.1) is 54.1 Å². The van der Waals surface area contributed by atoms with Crippen LogP contribution in [-0.4, -0.2) is 63.3 Å². The zero-order chi connectivity index (χ0) is 17.5. The molecule has 0 atom stereocenters. The third-order valence-corrected chi connectivity index (χ3v) is 5.63. The van der Waals surface area contributed by atoms with Crippen LogP contribution in [0, 0.1) is 0 Å². The molecule has 144 valence electrons. The van der Waals surface area contributed by atoms with E-state index in [2.05, 4.69) is 103 Å². The standard InChI is InChI=1S/C22H32N2.2HI/c1-23(2,3)21-19(17-13-9-7-10-14-17)22(24(4,5)6)20(21)18-15-11-8-12-16-18;;/h7-16,19-22H,1-6H3;2*1H/q+2;;/p-2. The minimum atomic E-state index is 0. The Morgan fingerprint density at radius 2 is 0.769 bits per heavy atom. The highest BCUT2D eigenvalue weighted by Crippen LogP contribution is 2.54. The molecule has 1 aliphatic rings. The summed E-state index contributed by atoms with van der Waals surface area (Å²) in [5, 5.41) is 0. The minimum Gasteiger partial charge on any atom is -1.00 e. The fraction of sp³-hybridized carbons (Fsp3) is 0.455. The zero-order valence-corrected chi connectivity index (χ0v) is 21.0. The molecule has 4 heteroatoms. The highest BCUT2D eigenvalue weighted by atomic mass is 127. The van der Waals surface area contributed by atoms with E-state index < -0.39 is 0 Å². The first-order chi connectivity index (χ1) is 11.2. The number of rotatable bonds is 4. The van der Waals surface area contributed by atoms with Crippen molar-refractivity contribution in [3.8, 4) is 0 Å². The molecule has 1 saturated carbocycles. The lowest BCUT2D eigenvalue weighted by Crippen LogP contribution is -3.00. The van der Waals surface area contributed by atoms with E-state index in [4.69, 9.17) is 0 Å². The molecule has 0 N–H and O–H groups in total. The maximum atomic E-state index is 2.35. The van der Waals surface area contributed by atoms with Crippen LogP contribution >= 0.6 is 0 Å². The van der Waals surface area contributed by atoms with Crippen molar-refractivity contribution in [1.82, 2.24) is 0 Å². The predicted molar refractivity (Wildman–Crippen MR) is 102 cm³/mol. The van der Waals surface area contributed by atoms with Crippen LogP contribution in [0.4, 0.5) is 0 Å². The molecule has 1 aliphatic carbocycles. The third-order valence-electron chi connectivity index (χ3n) is 5.63. The number of nitrogens with zero attached hydrogens (tertiary/aromatic N) is 2. The fourth-order valence-corrected chi connectivity index (χ4v) is 4.77. The molecule has 0 bridgehead atoms. The van der Waals surface area contributed by atoms with Crippen LogP contribution in [-0.2, 0) is 0 Å². The van der Waals surface area contributed by atoms with Crippen molar-refractivity contribution in [3.05, 3.63) is 71.8 Å². The van der Waals surface area contributed by atoms with E-state index in [1.54, 1.807) is 0 Å². The maximum absolute atomic E-state index is 2.35. The summed E-state index contributed by atoms with van der Waals surface area (Å²) in [5.41, 5.74) is 2.97. The van der Waals surface area contributed by atoms with Crippen molar-refractivity contribution in [1.29, 1.82) is 0 Å². The number of quaternary nitrogens is 2. The molecule has 0 radical (unpaired) electrons. The van der Waals surface area contributed by atoms with E-state index >= 15 is 0 Å². The Kier molecular flexibility index (Phi) is 8.15. The normalized spacial score (nSPS) is 25.5. The molecule has 0 aliphatic heterocycles. The van der Waals surface area contributed by atoms with Gasteiger partial charge in [-0.25, -0.2) is 0 Å². The Bertz CT molecular complexity index is 605. The van der Waals surface area contributed by atoms with Crippen molar-refractivity contribution < 1.29 is 56.9 Å². The van der Waals surface area contributed by atoms with E-state index in [0.717, 1.165) is 8.97 Å². The molecule has 0 aromatic heterocycles. The average Bonchev–Trinajstić information content (AvgIpc) is 2.45. The highest BCUT2D eigenvalue weighted by Gasteiger charge is 2.63. The largest absolute Gasteiger partial charge is 1.00 e. The summed E-state index contributed by atoms with van der Waals surface area (Å²) in [5.74, 6) is 1.16. The highest BCUT2D eigenvalue weighted by molar-refractivity contribution is 5.36. The van der Waals surface area contributed by atoms with E-state index in [-0.39, 0.29) is 48.0 Å². The summed E-state index contributed by atoms with van der Waals surface area (Å²) in [6, 6.07) is 23.4. The van der Waals surface area contributed by atoms with Crippen LogP contribution in [0.1, 0.15) is 23.0 Å². The van der Waals surface area contributed by atoms with Gasteiger partial charge in [-0.05, 0) is 11.1 Å². The molecule has 0 amide bonds. The SMILES string of the molecule is C[N+](C)(C)C1C(c2ccccc2)C([N+](C)(C)C)C1c1ccccc1.[I-].[I-]. The summed E-state index contributed by atoms with van der Waals surface area (Å²) < 4.78 is 1.99. The molecule has 0 heterocycles. The number of hydrogen-bond acceptors (Lipinski definition) is 0. The van der Waals surface area contributed by atoms with Crippen LogP contribution < -0.4 is 48.0 Å². The zero-order valence-electron chi connectivity index (χ0n) is 16.7. The lowest BCUT2D eigenvalue weighted by molar-refractivity contribution is -0.953. The lowest BCUT2D eigenvalue weighted by atomic mass is 9.57. The summed E-state index contributed by atoms with van der Waals surface area (Å²) in [6.45, 7) is 0. The molecule has 2 aromatic rings. The van der Waals surface area contributed by atoms with Gasteiger partial charge >= 0.3 is 0 Å². The van der Waals surface area contributed by atoms with Crippen molar-refractivity contribution in [2.45, 2.75) is 23.9 Å². The van der Waals surface area contributed by atoms with Gasteiger partial charge in [0.1, 0.15) is 12.1 Å². The first-order valence-electron chi connectivity index (χ1n) is 8.93. The molecule has 0 spiro atoms. The molecular weight excluding hydrogens is 546 g/mol. The van der Waals surface area contributed by atoms with Gasteiger partial charge in [-0.2, -0.15) is 0 Å². The molecular formula is C22H32I2N2. The fourth-order valence-electron chi connectivity index (χ4n) is 4.77. The van der Waals surface area contributed by atoms with Crippen LogP contribution in [0.3, 0.4) is 0 Å². The number of likely N-dealkylation sites (N-methyl/N-ethyl adjacent to an activating group) is 2. The topological polar surface area (TPSA) is 0 Å². The van der Waals surface area contributed by atoms with Gasteiger partial charge in [-0.1, -0.05) is 60.7 Å². The maximum Gasteiger partial charge on any atom is 0.114 e. The third kappa shape index (κ3) is 4.62. The molecule has 26 heavy (non-hydrogen) atoms. The van der Waals surface area contributed by atoms with Crippen LogP contribution in [0.25, 0.3) is 0 Å². The van der Waals surface area contributed by atoms with Gasteiger partial charge < -0.3 is 56.9 Å². The van der Waals surface area contributed by atoms with Gasteiger partial charge in [-0.15, -0.1) is 0 Å². The number of benzene rings is 2. The van der Waals surface area contributed by atoms with Gasteiger partial charge in [0.2, 0.25) is 0 Å². The van der Waals surface area contributed by atoms with Gasteiger partial charge in [0.25, 0.3) is 0 Å². The Hall–Kier alpha value is -0.180. The number of hydrogen-bond donors (Lipinski definition) is 0.